The Morgan fingerprint density at radius 1 is 1.62 bits per heavy atom. The predicted octanol–water partition coefficient (Wildman–Crippen LogP) is 0.880. The molecule has 0 bridgehead atoms. The number of hydrogen-bond acceptors (Lipinski definition) is 4. The number of nitrogen functional groups attached to an aromatic ring is 1. The van der Waals surface area contributed by atoms with Crippen molar-refractivity contribution in [2.45, 2.75) is 19.8 Å². The van der Waals surface area contributed by atoms with E-state index in [0.29, 0.717) is 5.82 Å². The van der Waals surface area contributed by atoms with E-state index < -0.39 is 5.97 Å². The molecule has 5 nitrogen and oxygen atoms in total. The van der Waals surface area contributed by atoms with E-state index in [-0.39, 0.29) is 17.3 Å². The van der Waals surface area contributed by atoms with Crippen molar-refractivity contribution in [2.24, 2.45) is 0 Å². The Balaban J connectivity index is 3.13. The van der Waals surface area contributed by atoms with Gasteiger partial charge in [-0.2, -0.15) is 0 Å². The fourth-order valence-corrected chi connectivity index (χ4v) is 0.852. The monoisotopic (exact) mass is 181 g/mol. The molecule has 0 spiro atoms. The fourth-order valence-electron chi connectivity index (χ4n) is 0.852. The van der Waals surface area contributed by atoms with E-state index >= 15 is 0 Å². The normalized spacial score (nSPS) is 10.4. The van der Waals surface area contributed by atoms with Crippen LogP contribution in [0.15, 0.2) is 6.20 Å². The summed E-state index contributed by atoms with van der Waals surface area (Å²) in [6.45, 7) is 3.82. The number of aromatic nitrogens is 2. The first-order chi connectivity index (χ1) is 6.02. The van der Waals surface area contributed by atoms with Crippen LogP contribution in [0.5, 0.6) is 0 Å². The lowest BCUT2D eigenvalue weighted by atomic mass is 10.2. The van der Waals surface area contributed by atoms with Gasteiger partial charge in [0.15, 0.2) is 0 Å². The van der Waals surface area contributed by atoms with Crippen molar-refractivity contribution in [1.29, 1.82) is 0 Å². The quantitative estimate of drug-likeness (QED) is 0.706. The van der Waals surface area contributed by atoms with Crippen LogP contribution in [0.2, 0.25) is 0 Å². The third-order valence-electron chi connectivity index (χ3n) is 1.58. The Bertz CT molecular complexity index is 336. The molecule has 1 rings (SSSR count). The zero-order valence-corrected chi connectivity index (χ0v) is 7.48. The Morgan fingerprint density at radius 3 is 2.62 bits per heavy atom. The molecule has 0 saturated carbocycles. The Hall–Kier alpha value is -1.65. The van der Waals surface area contributed by atoms with Crippen LogP contribution in [-0.4, -0.2) is 21.0 Å². The van der Waals surface area contributed by atoms with Gasteiger partial charge in [0.25, 0.3) is 0 Å². The van der Waals surface area contributed by atoms with E-state index in [2.05, 4.69) is 9.97 Å². The van der Waals surface area contributed by atoms with Gasteiger partial charge in [-0.15, -0.1) is 0 Å². The molecule has 1 heterocycles. The van der Waals surface area contributed by atoms with Gasteiger partial charge in [-0.3, -0.25) is 0 Å². The fraction of sp³-hybridized carbons (Fsp3) is 0.375. The number of rotatable bonds is 2. The van der Waals surface area contributed by atoms with Crippen molar-refractivity contribution in [3.8, 4) is 0 Å². The number of carbonyl (C=O) groups is 1. The summed E-state index contributed by atoms with van der Waals surface area (Å²) in [4.78, 5) is 18.3. The second-order valence-corrected chi connectivity index (χ2v) is 2.99. The highest BCUT2D eigenvalue weighted by atomic mass is 16.4. The third kappa shape index (κ3) is 1.93. The molecule has 70 valence electrons. The second kappa shape index (κ2) is 3.38. The first-order valence-corrected chi connectivity index (χ1v) is 3.88. The van der Waals surface area contributed by atoms with Crippen LogP contribution in [0, 0.1) is 0 Å². The molecule has 0 aliphatic carbocycles. The van der Waals surface area contributed by atoms with E-state index in [4.69, 9.17) is 10.8 Å². The molecule has 3 N–H and O–H groups in total. The van der Waals surface area contributed by atoms with Gasteiger partial charge in [-0.05, 0) is 0 Å². The molecule has 1 aromatic heterocycles. The summed E-state index contributed by atoms with van der Waals surface area (Å²) < 4.78 is 0. The van der Waals surface area contributed by atoms with Gasteiger partial charge < -0.3 is 10.8 Å². The van der Waals surface area contributed by atoms with Gasteiger partial charge in [0.2, 0.25) is 0 Å². The summed E-state index contributed by atoms with van der Waals surface area (Å²) >= 11 is 0. The minimum Gasteiger partial charge on any atom is -0.477 e. The van der Waals surface area contributed by atoms with Gasteiger partial charge >= 0.3 is 5.97 Å². The number of aromatic carboxylic acids is 1. The van der Waals surface area contributed by atoms with Gasteiger partial charge in [-0.1, -0.05) is 13.8 Å². The third-order valence-corrected chi connectivity index (χ3v) is 1.58. The number of anilines is 1. The smallest absolute Gasteiger partial charge is 0.341 e. The van der Waals surface area contributed by atoms with Gasteiger partial charge in [0.05, 0.1) is 0 Å². The first kappa shape index (κ1) is 9.44. The first-order valence-electron chi connectivity index (χ1n) is 3.88. The number of nitrogens with zero attached hydrogens (tertiary/aromatic N) is 2. The summed E-state index contributed by atoms with van der Waals surface area (Å²) in [5, 5.41) is 8.64. The van der Waals surface area contributed by atoms with Crippen molar-refractivity contribution in [2.75, 3.05) is 5.73 Å². The van der Waals surface area contributed by atoms with Gasteiger partial charge in [0.1, 0.15) is 17.2 Å². The lowest BCUT2D eigenvalue weighted by molar-refractivity contribution is 0.0697. The lowest BCUT2D eigenvalue weighted by Crippen LogP contribution is -2.08. The molecule has 0 aromatic carbocycles. The minimum absolute atomic E-state index is 0.0196. The molecule has 5 heteroatoms. The Kier molecular flexibility index (Phi) is 2.46. The standard InChI is InChI=1S/C8H11N3O2/c1-4(2)7-10-3-5(8(12)13)6(9)11-7/h3-4H,1-2H3,(H,12,13)(H2,9,10,11). The Labute approximate surface area is 75.6 Å². The minimum atomic E-state index is -1.10. The maximum atomic E-state index is 10.5. The van der Waals surface area contributed by atoms with E-state index in [9.17, 15) is 4.79 Å². The van der Waals surface area contributed by atoms with Crippen LogP contribution >= 0.6 is 0 Å². The predicted molar refractivity (Wildman–Crippen MR) is 47.5 cm³/mol. The maximum absolute atomic E-state index is 10.5. The highest BCUT2D eigenvalue weighted by molar-refractivity contribution is 5.92. The van der Waals surface area contributed by atoms with Gasteiger partial charge in [0, 0.05) is 12.1 Å². The molecular formula is C8H11N3O2. The summed E-state index contributed by atoms with van der Waals surface area (Å²) in [7, 11) is 0. The SMILES string of the molecule is CC(C)c1ncc(C(=O)O)c(N)n1. The van der Waals surface area contributed by atoms with E-state index in [1.54, 1.807) is 0 Å². The lowest BCUT2D eigenvalue weighted by Gasteiger charge is -2.05. The molecule has 0 aliphatic heterocycles. The van der Waals surface area contributed by atoms with Crippen molar-refractivity contribution >= 4 is 11.8 Å². The molecule has 0 unspecified atom stereocenters. The van der Waals surface area contributed by atoms with Crippen LogP contribution in [0.25, 0.3) is 0 Å². The highest BCUT2D eigenvalue weighted by Gasteiger charge is 2.11. The van der Waals surface area contributed by atoms with Crippen LogP contribution in [0.1, 0.15) is 35.9 Å². The molecule has 0 amide bonds. The molecule has 0 fully saturated rings. The van der Waals surface area contributed by atoms with Crippen molar-refractivity contribution in [3.63, 3.8) is 0 Å². The number of carboxylic acid groups (broad SMARTS) is 1. The van der Waals surface area contributed by atoms with Crippen LogP contribution in [0.3, 0.4) is 0 Å². The number of hydrogen-bond donors (Lipinski definition) is 2. The Morgan fingerprint density at radius 2 is 2.23 bits per heavy atom. The number of nitrogens with two attached hydrogens (primary N) is 1. The molecule has 1 aromatic rings. The largest absolute Gasteiger partial charge is 0.477 e. The summed E-state index contributed by atoms with van der Waals surface area (Å²) in [6, 6.07) is 0. The number of carboxylic acids is 1. The highest BCUT2D eigenvalue weighted by Crippen LogP contribution is 2.13. The molecule has 0 aliphatic rings. The molecule has 0 atom stereocenters. The molecular weight excluding hydrogens is 170 g/mol. The zero-order chi connectivity index (χ0) is 10.0. The average Bonchev–Trinajstić information content (AvgIpc) is 2.03. The van der Waals surface area contributed by atoms with Crippen molar-refractivity contribution in [1.82, 2.24) is 9.97 Å². The van der Waals surface area contributed by atoms with Crippen molar-refractivity contribution < 1.29 is 9.90 Å². The van der Waals surface area contributed by atoms with E-state index in [1.165, 1.54) is 6.20 Å². The van der Waals surface area contributed by atoms with Crippen LogP contribution in [-0.2, 0) is 0 Å². The summed E-state index contributed by atoms with van der Waals surface area (Å²) in [6.07, 6.45) is 1.24. The van der Waals surface area contributed by atoms with Crippen LogP contribution < -0.4 is 5.73 Å². The van der Waals surface area contributed by atoms with Crippen molar-refractivity contribution in [3.05, 3.63) is 17.6 Å². The van der Waals surface area contributed by atoms with Crippen LogP contribution in [0.4, 0.5) is 5.82 Å². The van der Waals surface area contributed by atoms with E-state index in [0.717, 1.165) is 0 Å². The zero-order valence-electron chi connectivity index (χ0n) is 7.48. The summed E-state index contributed by atoms with van der Waals surface area (Å²) in [5.41, 5.74) is 5.38. The average molecular weight is 181 g/mol. The van der Waals surface area contributed by atoms with Gasteiger partial charge in [-0.25, -0.2) is 14.8 Å². The molecule has 0 radical (unpaired) electrons. The molecule has 0 saturated heterocycles. The maximum Gasteiger partial charge on any atom is 0.341 e. The summed E-state index contributed by atoms with van der Waals surface area (Å²) in [5.74, 6) is -0.383. The second-order valence-electron chi connectivity index (χ2n) is 2.99. The molecule has 13 heavy (non-hydrogen) atoms. The topological polar surface area (TPSA) is 89.1 Å². The van der Waals surface area contributed by atoms with E-state index in [1.807, 2.05) is 13.8 Å².